The third-order valence-electron chi connectivity index (χ3n) is 5.66. The highest BCUT2D eigenvalue weighted by atomic mass is 35.5. The molecular formula is C26H25ClFN2OP. The van der Waals surface area contributed by atoms with E-state index < -0.39 is 5.60 Å². The van der Waals surface area contributed by atoms with E-state index in [0.29, 0.717) is 34.6 Å². The van der Waals surface area contributed by atoms with Gasteiger partial charge in [0.1, 0.15) is 16.6 Å². The average molecular weight is 467 g/mol. The number of rotatable bonds is 6. The van der Waals surface area contributed by atoms with Gasteiger partial charge in [-0.1, -0.05) is 48.0 Å². The van der Waals surface area contributed by atoms with E-state index in [1.165, 1.54) is 12.1 Å². The van der Waals surface area contributed by atoms with Crippen LogP contribution in [0, 0.1) is 5.82 Å². The molecule has 1 N–H and O–H groups in total. The van der Waals surface area contributed by atoms with Crippen molar-refractivity contribution in [2.75, 3.05) is 20.6 Å². The smallest absolute Gasteiger partial charge is 0.130 e. The third kappa shape index (κ3) is 4.69. The second-order valence-electron chi connectivity index (χ2n) is 8.28. The fourth-order valence-corrected chi connectivity index (χ4v) is 4.54. The summed E-state index contributed by atoms with van der Waals surface area (Å²) in [6.07, 6.45) is 0.404. The second-order valence-corrected chi connectivity index (χ2v) is 9.33. The van der Waals surface area contributed by atoms with Gasteiger partial charge in [-0.2, -0.15) is 0 Å². The molecule has 2 atom stereocenters. The lowest BCUT2D eigenvalue weighted by Gasteiger charge is -2.31. The molecule has 3 aromatic carbocycles. The summed E-state index contributed by atoms with van der Waals surface area (Å²) >= 11 is 6.31. The molecule has 32 heavy (non-hydrogen) atoms. The molecule has 0 aliphatic heterocycles. The molecular weight excluding hydrogens is 442 g/mol. The molecule has 0 aliphatic rings. The zero-order valence-electron chi connectivity index (χ0n) is 18.0. The summed E-state index contributed by atoms with van der Waals surface area (Å²) in [5, 5.41) is 13.9. The van der Waals surface area contributed by atoms with Gasteiger partial charge in [-0.15, -0.1) is 9.24 Å². The largest absolute Gasteiger partial charge is 0.380 e. The van der Waals surface area contributed by atoms with Crippen molar-refractivity contribution in [1.29, 1.82) is 0 Å². The molecule has 164 valence electrons. The first-order valence-electron chi connectivity index (χ1n) is 10.4. The summed E-state index contributed by atoms with van der Waals surface area (Å²) in [6.45, 7) is 0.627. The molecule has 0 saturated carbocycles. The Bertz CT molecular complexity index is 1250. The van der Waals surface area contributed by atoms with Crippen molar-refractivity contribution < 1.29 is 9.50 Å². The van der Waals surface area contributed by atoms with Crippen LogP contribution >= 0.6 is 20.8 Å². The number of benzene rings is 3. The summed E-state index contributed by atoms with van der Waals surface area (Å²) in [7, 11) is 6.41. The Hall–Kier alpha value is -2.36. The maximum atomic E-state index is 14.3. The van der Waals surface area contributed by atoms with Crippen LogP contribution in [0.15, 0.2) is 72.8 Å². The molecule has 0 spiro atoms. The van der Waals surface area contributed by atoms with Gasteiger partial charge >= 0.3 is 0 Å². The predicted molar refractivity (Wildman–Crippen MR) is 134 cm³/mol. The molecule has 3 nitrogen and oxygen atoms in total. The van der Waals surface area contributed by atoms with Gasteiger partial charge in [0.05, 0.1) is 5.52 Å². The summed E-state index contributed by atoms with van der Waals surface area (Å²) in [4.78, 5) is 6.48. The van der Waals surface area contributed by atoms with Gasteiger partial charge in [-0.25, -0.2) is 9.37 Å². The SMILES string of the molecule is CN(C)CCC(O)(c1cc(F)cc(P)c1)c1ccc2nc(Cl)cc(-c3ccccc3)c2c1. The lowest BCUT2D eigenvalue weighted by Crippen LogP contribution is -2.32. The Morgan fingerprint density at radius 1 is 1.00 bits per heavy atom. The maximum Gasteiger partial charge on any atom is 0.130 e. The molecule has 2 unspecified atom stereocenters. The second kappa shape index (κ2) is 9.25. The Labute approximate surface area is 195 Å². The number of fused-ring (bicyclic) bond motifs is 1. The van der Waals surface area contributed by atoms with Crippen molar-refractivity contribution in [2.24, 2.45) is 0 Å². The molecule has 1 heterocycles. The number of aliphatic hydroxyl groups is 1. The molecule has 1 aromatic heterocycles. The van der Waals surface area contributed by atoms with Crippen molar-refractivity contribution in [1.82, 2.24) is 9.88 Å². The van der Waals surface area contributed by atoms with Gasteiger partial charge in [0, 0.05) is 11.9 Å². The van der Waals surface area contributed by atoms with Gasteiger partial charge < -0.3 is 10.0 Å². The van der Waals surface area contributed by atoms with E-state index in [-0.39, 0.29) is 5.82 Å². The molecule has 0 aliphatic carbocycles. The van der Waals surface area contributed by atoms with E-state index in [0.717, 1.165) is 22.0 Å². The van der Waals surface area contributed by atoms with Crippen molar-refractivity contribution in [3.05, 3.63) is 94.9 Å². The summed E-state index contributed by atoms with van der Waals surface area (Å²) in [5.41, 5.74) is 2.51. The van der Waals surface area contributed by atoms with E-state index in [4.69, 9.17) is 11.6 Å². The number of aromatic nitrogens is 1. The molecule has 4 aromatic rings. The van der Waals surface area contributed by atoms with Crippen LogP contribution in [0.5, 0.6) is 0 Å². The van der Waals surface area contributed by atoms with Gasteiger partial charge in [-0.3, -0.25) is 0 Å². The van der Waals surface area contributed by atoms with Crippen LogP contribution in [0.2, 0.25) is 5.15 Å². The number of hydrogen-bond acceptors (Lipinski definition) is 3. The van der Waals surface area contributed by atoms with Gasteiger partial charge in [0.2, 0.25) is 0 Å². The van der Waals surface area contributed by atoms with Crippen LogP contribution in [-0.4, -0.2) is 35.6 Å². The van der Waals surface area contributed by atoms with E-state index >= 15 is 0 Å². The Kier molecular flexibility index (Phi) is 6.60. The van der Waals surface area contributed by atoms with E-state index in [1.54, 1.807) is 0 Å². The molecule has 0 amide bonds. The van der Waals surface area contributed by atoms with Crippen LogP contribution in [0.3, 0.4) is 0 Å². The highest BCUT2D eigenvalue weighted by Crippen LogP contribution is 2.38. The number of hydrogen-bond donors (Lipinski definition) is 1. The first-order chi connectivity index (χ1) is 15.3. The maximum absolute atomic E-state index is 14.3. The van der Waals surface area contributed by atoms with Crippen LogP contribution in [0.4, 0.5) is 4.39 Å². The summed E-state index contributed by atoms with van der Waals surface area (Å²) in [6, 6.07) is 22.1. The number of halogens is 2. The minimum Gasteiger partial charge on any atom is -0.380 e. The molecule has 0 saturated heterocycles. The first-order valence-corrected chi connectivity index (χ1v) is 11.3. The third-order valence-corrected chi connectivity index (χ3v) is 6.19. The van der Waals surface area contributed by atoms with Crippen molar-refractivity contribution in [3.8, 4) is 11.1 Å². The van der Waals surface area contributed by atoms with E-state index in [9.17, 15) is 9.50 Å². The van der Waals surface area contributed by atoms with Crippen LogP contribution in [0.25, 0.3) is 22.0 Å². The number of pyridine rings is 1. The fourth-order valence-electron chi connectivity index (χ4n) is 4.00. The standard InChI is InChI=1S/C26H25ClFN2OP/c1-30(2)11-10-26(31,19-12-20(28)15-21(32)13-19)18-8-9-24-23(14-18)22(16-25(27)29-24)17-6-4-3-5-7-17/h3-9,12-16,31H,10-11,32H2,1-2H3. The summed E-state index contributed by atoms with van der Waals surface area (Å²) < 4.78 is 14.3. The van der Waals surface area contributed by atoms with Crippen molar-refractivity contribution in [3.63, 3.8) is 0 Å². The lowest BCUT2D eigenvalue weighted by atomic mass is 9.82. The topological polar surface area (TPSA) is 36.4 Å². The molecule has 0 radical (unpaired) electrons. The Morgan fingerprint density at radius 3 is 2.44 bits per heavy atom. The normalized spacial score (nSPS) is 13.5. The van der Waals surface area contributed by atoms with Gasteiger partial charge in [0.15, 0.2) is 0 Å². The Morgan fingerprint density at radius 2 is 1.75 bits per heavy atom. The molecule has 4 rings (SSSR count). The first kappa shape index (κ1) is 22.8. The minimum atomic E-state index is -1.38. The van der Waals surface area contributed by atoms with Crippen LogP contribution in [-0.2, 0) is 5.60 Å². The average Bonchev–Trinajstić information content (AvgIpc) is 2.76. The Balaban J connectivity index is 1.94. The zero-order chi connectivity index (χ0) is 22.9. The predicted octanol–water partition coefficient (Wildman–Crippen LogP) is 5.38. The zero-order valence-corrected chi connectivity index (χ0v) is 19.9. The van der Waals surface area contributed by atoms with Gasteiger partial charge in [-0.05, 0) is 84.5 Å². The van der Waals surface area contributed by atoms with E-state index in [1.807, 2.05) is 79.7 Å². The van der Waals surface area contributed by atoms with E-state index in [2.05, 4.69) is 14.2 Å². The monoisotopic (exact) mass is 466 g/mol. The molecule has 6 heteroatoms. The minimum absolute atomic E-state index is 0.380. The van der Waals surface area contributed by atoms with Crippen LogP contribution < -0.4 is 5.30 Å². The highest BCUT2D eigenvalue weighted by Gasteiger charge is 2.32. The quantitative estimate of drug-likeness (QED) is 0.306. The summed E-state index contributed by atoms with van der Waals surface area (Å²) in [5.74, 6) is -0.380. The van der Waals surface area contributed by atoms with Crippen LogP contribution in [0.1, 0.15) is 17.5 Å². The molecule has 0 fully saturated rings. The fraction of sp³-hybridized carbons (Fsp3) is 0.192. The molecule has 0 bridgehead atoms. The van der Waals surface area contributed by atoms with Crippen molar-refractivity contribution in [2.45, 2.75) is 12.0 Å². The van der Waals surface area contributed by atoms with Gasteiger partial charge in [0.25, 0.3) is 0 Å². The highest BCUT2D eigenvalue weighted by molar-refractivity contribution is 7.27. The number of nitrogens with zero attached hydrogens (tertiary/aromatic N) is 2. The van der Waals surface area contributed by atoms with Crippen molar-refractivity contribution >= 4 is 37.0 Å². The lowest BCUT2D eigenvalue weighted by molar-refractivity contribution is 0.0628.